The number of nitrogens with one attached hydrogen (secondary N) is 1. The van der Waals surface area contributed by atoms with Crippen LogP contribution in [0.2, 0.25) is 0 Å². The zero-order valence-electron chi connectivity index (χ0n) is 21.6. The number of amides is 1. The summed E-state index contributed by atoms with van der Waals surface area (Å²) < 4.78 is 50.7. The number of hydrogen-bond acceptors (Lipinski definition) is 5. The van der Waals surface area contributed by atoms with Gasteiger partial charge in [-0.3, -0.25) is 9.78 Å². The molecule has 0 unspecified atom stereocenters. The minimum atomic E-state index is -4.40. The van der Waals surface area contributed by atoms with Crippen molar-refractivity contribution in [2.24, 2.45) is 11.3 Å². The number of carbonyl (C=O) groups excluding carboxylic acids is 1. The monoisotopic (exact) mass is 527 g/mol. The number of rotatable bonds is 7. The molecule has 1 aromatic carbocycles. The van der Waals surface area contributed by atoms with Crippen LogP contribution in [0.3, 0.4) is 0 Å². The minimum absolute atomic E-state index is 0.0161. The molecule has 1 aliphatic heterocycles. The van der Waals surface area contributed by atoms with Crippen LogP contribution in [0.1, 0.15) is 66.4 Å². The number of methoxy groups -OCH3 is 1. The highest BCUT2D eigenvalue weighted by molar-refractivity contribution is 5.94. The summed E-state index contributed by atoms with van der Waals surface area (Å²) in [4.78, 5) is 21.6. The molecule has 202 valence electrons. The molecule has 0 bridgehead atoms. The van der Waals surface area contributed by atoms with E-state index in [0.717, 1.165) is 43.7 Å². The fourth-order valence-corrected chi connectivity index (χ4v) is 5.85. The maximum Gasteiger partial charge on any atom is 0.416 e. The van der Waals surface area contributed by atoms with Crippen molar-refractivity contribution >= 4 is 16.8 Å². The summed E-state index contributed by atoms with van der Waals surface area (Å²) in [5.41, 5.74) is 1.34. The summed E-state index contributed by atoms with van der Waals surface area (Å²) in [7, 11) is 1.53. The first kappa shape index (κ1) is 26.4. The zero-order chi connectivity index (χ0) is 26.9. The van der Waals surface area contributed by atoms with Gasteiger partial charge in [-0.25, -0.2) is 4.98 Å². The highest BCUT2D eigenvalue weighted by Crippen LogP contribution is 2.43. The average Bonchev–Trinajstić information content (AvgIpc) is 2.90. The Morgan fingerprint density at radius 2 is 1.89 bits per heavy atom. The number of halogens is 3. The predicted octanol–water partition coefficient (Wildman–Crippen LogP) is 6.16. The number of fused-ring (bicyclic) bond motifs is 1. The van der Waals surface area contributed by atoms with Gasteiger partial charge in [0.05, 0.1) is 37.0 Å². The van der Waals surface area contributed by atoms with E-state index in [1.165, 1.54) is 25.4 Å². The molecule has 1 amide bonds. The summed E-state index contributed by atoms with van der Waals surface area (Å²) in [6.45, 7) is 3.52. The molecule has 6 nitrogen and oxygen atoms in total. The smallest absolute Gasteiger partial charge is 0.416 e. The number of nitrogens with zero attached hydrogens (tertiary/aromatic N) is 2. The topological polar surface area (TPSA) is 73.3 Å². The normalized spacial score (nSPS) is 21.9. The molecular weight excluding hydrogens is 495 g/mol. The Morgan fingerprint density at radius 1 is 1.13 bits per heavy atom. The van der Waals surface area contributed by atoms with E-state index >= 15 is 0 Å². The van der Waals surface area contributed by atoms with Gasteiger partial charge in [0, 0.05) is 35.3 Å². The van der Waals surface area contributed by atoms with E-state index in [2.05, 4.69) is 22.2 Å². The van der Waals surface area contributed by atoms with Crippen LogP contribution in [0, 0.1) is 11.3 Å². The number of hydrogen-bond donors (Lipinski definition) is 1. The van der Waals surface area contributed by atoms with Crippen molar-refractivity contribution < 1.29 is 27.4 Å². The summed E-state index contributed by atoms with van der Waals surface area (Å²) in [5.74, 6) is 0.681. The van der Waals surface area contributed by atoms with Gasteiger partial charge in [0.1, 0.15) is 0 Å². The maximum atomic E-state index is 13.4. The third-order valence-electron chi connectivity index (χ3n) is 8.02. The van der Waals surface area contributed by atoms with Crippen molar-refractivity contribution in [2.45, 2.75) is 57.2 Å². The van der Waals surface area contributed by atoms with Gasteiger partial charge in [-0.2, -0.15) is 13.2 Å². The summed E-state index contributed by atoms with van der Waals surface area (Å²) in [6, 6.07) is 8.96. The third kappa shape index (κ3) is 5.62. The molecule has 2 fully saturated rings. The summed E-state index contributed by atoms with van der Waals surface area (Å²) in [6.07, 6.45) is 3.02. The molecular formula is C29H32F3N3O3. The van der Waals surface area contributed by atoms with Gasteiger partial charge in [-0.15, -0.1) is 0 Å². The van der Waals surface area contributed by atoms with E-state index in [0.29, 0.717) is 35.6 Å². The second-order valence-electron chi connectivity index (χ2n) is 10.9. The summed E-state index contributed by atoms with van der Waals surface area (Å²) in [5, 5.41) is 3.83. The molecule has 1 saturated carbocycles. The van der Waals surface area contributed by atoms with Gasteiger partial charge in [-0.05, 0) is 79.8 Å². The van der Waals surface area contributed by atoms with E-state index in [-0.39, 0.29) is 29.2 Å². The Labute approximate surface area is 220 Å². The zero-order valence-corrected chi connectivity index (χ0v) is 21.6. The summed E-state index contributed by atoms with van der Waals surface area (Å²) >= 11 is 0. The average molecular weight is 528 g/mol. The molecule has 1 N–H and O–H groups in total. The number of carbonyl (C=O) groups is 1. The van der Waals surface area contributed by atoms with Crippen LogP contribution >= 0.6 is 0 Å². The van der Waals surface area contributed by atoms with Crippen molar-refractivity contribution in [2.75, 3.05) is 20.3 Å². The Balaban J connectivity index is 1.32. The van der Waals surface area contributed by atoms with Gasteiger partial charge >= 0.3 is 6.18 Å². The van der Waals surface area contributed by atoms with Gasteiger partial charge in [0.2, 0.25) is 5.88 Å². The van der Waals surface area contributed by atoms with Crippen LogP contribution in [0.15, 0.2) is 48.8 Å². The van der Waals surface area contributed by atoms with Gasteiger partial charge < -0.3 is 14.8 Å². The van der Waals surface area contributed by atoms with Crippen molar-refractivity contribution in [3.8, 4) is 5.88 Å². The van der Waals surface area contributed by atoms with Crippen molar-refractivity contribution in [1.82, 2.24) is 15.3 Å². The molecule has 9 heteroatoms. The Hall–Kier alpha value is -3.20. The Bertz CT molecular complexity index is 1280. The quantitative estimate of drug-likeness (QED) is 0.399. The predicted molar refractivity (Wildman–Crippen MR) is 137 cm³/mol. The fraction of sp³-hybridized carbons (Fsp3) is 0.483. The Morgan fingerprint density at radius 3 is 2.50 bits per heavy atom. The molecule has 2 aliphatic rings. The molecule has 38 heavy (non-hydrogen) atoms. The second kappa shape index (κ2) is 10.5. The first-order valence-electron chi connectivity index (χ1n) is 13.0. The van der Waals surface area contributed by atoms with Gasteiger partial charge in [0.15, 0.2) is 0 Å². The van der Waals surface area contributed by atoms with Crippen molar-refractivity contribution in [1.29, 1.82) is 0 Å². The number of pyridine rings is 2. The lowest BCUT2D eigenvalue weighted by Gasteiger charge is -2.44. The highest BCUT2D eigenvalue weighted by Gasteiger charge is 2.40. The van der Waals surface area contributed by atoms with Crippen LogP contribution in [0.4, 0.5) is 13.2 Å². The SMILES string of the molecule is COc1ccc(C(=O)N[C@H](CC2(C)COC2)[C@H]2CC[C@@H](c3ccnc4ccc(C(F)(F)F)cc43)CC2)cn1. The van der Waals surface area contributed by atoms with Crippen molar-refractivity contribution in [3.05, 3.63) is 65.5 Å². The maximum absolute atomic E-state index is 13.4. The molecule has 3 aromatic rings. The molecule has 3 heterocycles. The standard InChI is InChI=1S/C29H32F3N3O3/c1-28(16-38-17-28)14-25(35-27(36)20-7-10-26(37-2)34-15-20)19-5-3-18(4-6-19)22-11-12-33-24-9-8-21(13-23(22)24)29(30,31)32/h7-13,15,18-19,25H,3-6,14,16-17H2,1-2H3,(H,35,36)/t18-,19+,25-/m1/s1. The number of ether oxygens (including phenoxy) is 2. The molecule has 5 rings (SSSR count). The number of alkyl halides is 3. The van der Waals surface area contributed by atoms with Crippen LogP contribution < -0.4 is 10.1 Å². The van der Waals surface area contributed by atoms with E-state index in [9.17, 15) is 18.0 Å². The largest absolute Gasteiger partial charge is 0.481 e. The van der Waals surface area contributed by atoms with Gasteiger partial charge in [-0.1, -0.05) is 6.92 Å². The van der Waals surface area contributed by atoms with Crippen LogP contribution in [-0.4, -0.2) is 42.2 Å². The van der Waals surface area contributed by atoms with Crippen LogP contribution in [0.25, 0.3) is 10.9 Å². The lowest BCUT2D eigenvalue weighted by atomic mass is 9.71. The molecule has 0 radical (unpaired) electrons. The van der Waals surface area contributed by atoms with Crippen LogP contribution in [-0.2, 0) is 10.9 Å². The lowest BCUT2D eigenvalue weighted by molar-refractivity contribution is -0.137. The van der Waals surface area contributed by atoms with E-state index in [1.807, 2.05) is 6.07 Å². The lowest BCUT2D eigenvalue weighted by Crippen LogP contribution is -2.50. The van der Waals surface area contributed by atoms with Crippen LogP contribution in [0.5, 0.6) is 5.88 Å². The highest BCUT2D eigenvalue weighted by atomic mass is 19.4. The van der Waals surface area contributed by atoms with E-state index in [4.69, 9.17) is 9.47 Å². The molecule has 1 aliphatic carbocycles. The molecule has 1 atom stereocenters. The fourth-order valence-electron chi connectivity index (χ4n) is 5.85. The van der Waals surface area contributed by atoms with Gasteiger partial charge in [0.25, 0.3) is 5.91 Å². The first-order chi connectivity index (χ1) is 18.1. The first-order valence-corrected chi connectivity index (χ1v) is 13.0. The Kier molecular flexibility index (Phi) is 7.31. The molecule has 2 aromatic heterocycles. The molecule has 0 spiro atoms. The number of benzene rings is 1. The van der Waals surface area contributed by atoms with E-state index in [1.54, 1.807) is 18.3 Å². The van der Waals surface area contributed by atoms with E-state index < -0.39 is 11.7 Å². The second-order valence-corrected chi connectivity index (χ2v) is 10.9. The van der Waals surface area contributed by atoms with Crippen molar-refractivity contribution in [3.63, 3.8) is 0 Å². The third-order valence-corrected chi connectivity index (χ3v) is 8.02. The number of aromatic nitrogens is 2. The molecule has 1 saturated heterocycles. The minimum Gasteiger partial charge on any atom is -0.481 e.